The zero-order valence-corrected chi connectivity index (χ0v) is 11.2. The molecule has 1 atom stereocenters. The summed E-state index contributed by atoms with van der Waals surface area (Å²) in [5.41, 5.74) is 0.458. The van der Waals surface area contributed by atoms with Crippen molar-refractivity contribution < 1.29 is 9.53 Å². The van der Waals surface area contributed by atoms with Gasteiger partial charge in [-0.25, -0.2) is 0 Å². The normalized spacial score (nSPS) is 13.3. The highest BCUT2D eigenvalue weighted by molar-refractivity contribution is 6.68. The molecule has 0 aliphatic carbocycles. The molecule has 88 valence electrons. The molecule has 0 fully saturated rings. The lowest BCUT2D eigenvalue weighted by Gasteiger charge is -2.24. The van der Waals surface area contributed by atoms with Crippen LogP contribution < -0.4 is 0 Å². The average molecular weight is 302 g/mol. The van der Waals surface area contributed by atoms with E-state index in [1.807, 2.05) is 0 Å². The van der Waals surface area contributed by atoms with Gasteiger partial charge in [0.05, 0.1) is 0 Å². The SMILES string of the molecule is CC(=O)O[C@H](c1ccccc1Cl)C(Cl)(Cl)Cl. The molecule has 1 aromatic rings. The molecule has 0 unspecified atom stereocenters. The smallest absolute Gasteiger partial charge is 0.303 e. The van der Waals surface area contributed by atoms with Crippen LogP contribution in [0.15, 0.2) is 24.3 Å². The standard InChI is InChI=1S/C10H8Cl4O2/c1-6(15)16-9(10(12,13)14)7-4-2-3-5-8(7)11/h2-5,9H,1H3/t9-/m1/s1. The van der Waals surface area contributed by atoms with E-state index < -0.39 is 15.9 Å². The van der Waals surface area contributed by atoms with Gasteiger partial charge in [-0.3, -0.25) is 4.79 Å². The summed E-state index contributed by atoms with van der Waals surface area (Å²) in [4.78, 5) is 10.9. The van der Waals surface area contributed by atoms with E-state index in [9.17, 15) is 4.79 Å². The molecule has 0 bridgehead atoms. The number of carbonyl (C=O) groups excluding carboxylic acids is 1. The van der Waals surface area contributed by atoms with Gasteiger partial charge in [0.25, 0.3) is 0 Å². The van der Waals surface area contributed by atoms with Crippen LogP contribution in [0.1, 0.15) is 18.6 Å². The third kappa shape index (κ3) is 3.70. The van der Waals surface area contributed by atoms with E-state index in [0.29, 0.717) is 10.6 Å². The Morgan fingerprint density at radius 2 is 1.88 bits per heavy atom. The summed E-state index contributed by atoms with van der Waals surface area (Å²) in [5.74, 6) is -0.545. The van der Waals surface area contributed by atoms with Crippen molar-refractivity contribution in [1.82, 2.24) is 0 Å². The van der Waals surface area contributed by atoms with Crippen LogP contribution in [0.5, 0.6) is 0 Å². The molecule has 0 radical (unpaired) electrons. The number of hydrogen-bond donors (Lipinski definition) is 0. The second-order valence-corrected chi connectivity index (χ2v) is 5.83. The maximum absolute atomic E-state index is 10.9. The van der Waals surface area contributed by atoms with Gasteiger partial charge < -0.3 is 4.74 Å². The Labute approximate surface area is 113 Å². The van der Waals surface area contributed by atoms with E-state index >= 15 is 0 Å². The minimum atomic E-state index is -1.77. The Hall–Kier alpha value is -0.150. The van der Waals surface area contributed by atoms with Crippen molar-refractivity contribution in [2.75, 3.05) is 0 Å². The average Bonchev–Trinajstić information content (AvgIpc) is 2.13. The fourth-order valence-electron chi connectivity index (χ4n) is 1.16. The lowest BCUT2D eigenvalue weighted by atomic mass is 10.1. The van der Waals surface area contributed by atoms with Crippen LogP contribution in [0.2, 0.25) is 5.02 Å². The third-order valence-corrected chi connectivity index (χ3v) is 2.71. The van der Waals surface area contributed by atoms with Gasteiger partial charge in [0.2, 0.25) is 3.79 Å². The maximum Gasteiger partial charge on any atom is 0.303 e. The van der Waals surface area contributed by atoms with Crippen LogP contribution in [-0.4, -0.2) is 9.76 Å². The van der Waals surface area contributed by atoms with E-state index in [1.165, 1.54) is 6.92 Å². The summed E-state index contributed by atoms with van der Waals surface area (Å²) in [5, 5.41) is 0.375. The van der Waals surface area contributed by atoms with Gasteiger partial charge in [0.15, 0.2) is 6.10 Å². The molecule has 6 heteroatoms. The molecule has 0 saturated heterocycles. The zero-order chi connectivity index (χ0) is 12.3. The maximum atomic E-state index is 10.9. The first kappa shape index (κ1) is 13.9. The quantitative estimate of drug-likeness (QED) is 0.601. The third-order valence-electron chi connectivity index (χ3n) is 1.77. The van der Waals surface area contributed by atoms with Gasteiger partial charge in [0.1, 0.15) is 0 Å². The van der Waals surface area contributed by atoms with Gasteiger partial charge in [-0.1, -0.05) is 64.6 Å². The van der Waals surface area contributed by atoms with Crippen molar-refractivity contribution in [2.24, 2.45) is 0 Å². The second kappa shape index (κ2) is 5.46. The molecule has 0 spiro atoms. The van der Waals surface area contributed by atoms with Crippen LogP contribution in [0.25, 0.3) is 0 Å². The van der Waals surface area contributed by atoms with E-state index in [2.05, 4.69) is 0 Å². The highest BCUT2D eigenvalue weighted by Crippen LogP contribution is 2.44. The monoisotopic (exact) mass is 300 g/mol. The molecule has 1 aromatic carbocycles. The van der Waals surface area contributed by atoms with E-state index in [0.717, 1.165) is 0 Å². The molecular formula is C10H8Cl4O2. The van der Waals surface area contributed by atoms with Crippen LogP contribution in [0.4, 0.5) is 0 Å². The molecule has 0 aromatic heterocycles. The number of carbonyl (C=O) groups is 1. The molecule has 0 amide bonds. The van der Waals surface area contributed by atoms with E-state index in [4.69, 9.17) is 51.1 Å². The zero-order valence-electron chi connectivity index (χ0n) is 8.22. The first-order valence-corrected chi connectivity index (χ1v) is 5.82. The minimum absolute atomic E-state index is 0.375. The number of rotatable bonds is 2. The van der Waals surface area contributed by atoms with Crippen LogP contribution >= 0.6 is 46.4 Å². The van der Waals surface area contributed by atoms with Gasteiger partial charge in [-0.05, 0) is 6.07 Å². The van der Waals surface area contributed by atoms with Crippen LogP contribution in [0, 0.1) is 0 Å². The summed E-state index contributed by atoms with van der Waals surface area (Å²) >= 11 is 23.2. The van der Waals surface area contributed by atoms with E-state index in [-0.39, 0.29) is 0 Å². The largest absolute Gasteiger partial charge is 0.453 e. The van der Waals surface area contributed by atoms with Gasteiger partial charge in [0, 0.05) is 17.5 Å². The van der Waals surface area contributed by atoms with Gasteiger partial charge in [-0.15, -0.1) is 0 Å². The first-order valence-electron chi connectivity index (χ1n) is 4.30. The molecular weight excluding hydrogens is 294 g/mol. The van der Waals surface area contributed by atoms with Gasteiger partial charge in [-0.2, -0.15) is 0 Å². The van der Waals surface area contributed by atoms with Crippen molar-refractivity contribution in [1.29, 1.82) is 0 Å². The van der Waals surface area contributed by atoms with E-state index in [1.54, 1.807) is 24.3 Å². The topological polar surface area (TPSA) is 26.3 Å². The Morgan fingerprint density at radius 3 is 2.31 bits per heavy atom. The highest BCUT2D eigenvalue weighted by atomic mass is 35.6. The van der Waals surface area contributed by atoms with Crippen molar-refractivity contribution in [3.05, 3.63) is 34.9 Å². The predicted octanol–water partition coefficient (Wildman–Crippen LogP) is 4.31. The molecule has 1 rings (SSSR count). The van der Waals surface area contributed by atoms with Gasteiger partial charge >= 0.3 is 5.97 Å². The molecule has 0 saturated carbocycles. The highest BCUT2D eigenvalue weighted by Gasteiger charge is 2.37. The fourth-order valence-corrected chi connectivity index (χ4v) is 1.88. The lowest BCUT2D eigenvalue weighted by Crippen LogP contribution is -2.22. The Morgan fingerprint density at radius 1 is 1.31 bits per heavy atom. The number of ether oxygens (including phenoxy) is 1. The molecule has 0 N–H and O–H groups in total. The Bertz CT molecular complexity index is 387. The summed E-state index contributed by atoms with van der Waals surface area (Å²) in [7, 11) is 0. The summed E-state index contributed by atoms with van der Waals surface area (Å²) in [6, 6.07) is 6.71. The number of esters is 1. The summed E-state index contributed by atoms with van der Waals surface area (Å²) in [6.45, 7) is 1.24. The predicted molar refractivity (Wildman–Crippen MR) is 66.2 cm³/mol. The summed E-state index contributed by atoms with van der Waals surface area (Å²) in [6.07, 6.45) is -1.02. The molecule has 0 aliphatic heterocycles. The molecule has 16 heavy (non-hydrogen) atoms. The Kier molecular flexibility index (Phi) is 4.74. The summed E-state index contributed by atoms with van der Waals surface area (Å²) < 4.78 is 3.20. The van der Waals surface area contributed by atoms with Crippen molar-refractivity contribution in [3.63, 3.8) is 0 Å². The lowest BCUT2D eigenvalue weighted by molar-refractivity contribution is -0.146. The minimum Gasteiger partial charge on any atom is -0.453 e. The van der Waals surface area contributed by atoms with Crippen molar-refractivity contribution >= 4 is 52.4 Å². The fraction of sp³-hybridized carbons (Fsp3) is 0.300. The number of halogens is 4. The second-order valence-electron chi connectivity index (χ2n) is 3.05. The molecule has 0 aliphatic rings. The van der Waals surface area contributed by atoms with Crippen molar-refractivity contribution in [3.8, 4) is 0 Å². The Balaban J connectivity index is 3.12. The van der Waals surface area contributed by atoms with Crippen LogP contribution in [-0.2, 0) is 9.53 Å². The number of benzene rings is 1. The number of hydrogen-bond acceptors (Lipinski definition) is 2. The number of alkyl halides is 3. The molecule has 2 nitrogen and oxygen atoms in total. The van der Waals surface area contributed by atoms with Crippen LogP contribution in [0.3, 0.4) is 0 Å². The molecule has 0 heterocycles. The first-order chi connectivity index (χ1) is 7.32. The van der Waals surface area contributed by atoms with Crippen molar-refractivity contribution in [2.45, 2.75) is 16.8 Å².